The van der Waals surface area contributed by atoms with Gasteiger partial charge in [0, 0.05) is 39.8 Å². The lowest BCUT2D eigenvalue weighted by Crippen LogP contribution is -2.24. The Morgan fingerprint density at radius 3 is 2.62 bits per heavy atom. The lowest BCUT2D eigenvalue weighted by Gasteiger charge is -2.19. The van der Waals surface area contributed by atoms with Gasteiger partial charge in [0.2, 0.25) is 0 Å². The molecule has 1 aliphatic rings. The molecule has 29 heavy (non-hydrogen) atoms. The van der Waals surface area contributed by atoms with E-state index in [-0.39, 0.29) is 18.3 Å². The van der Waals surface area contributed by atoms with E-state index in [4.69, 9.17) is 4.74 Å². The molecule has 2 aromatic heterocycles. The molecule has 148 valence electrons. The quantitative estimate of drug-likeness (QED) is 0.643. The Balaban J connectivity index is 1.54. The van der Waals surface area contributed by atoms with Gasteiger partial charge < -0.3 is 10.1 Å². The molecule has 0 spiro atoms. The summed E-state index contributed by atoms with van der Waals surface area (Å²) in [5.74, 6) is -0.268. The van der Waals surface area contributed by atoms with Crippen molar-refractivity contribution in [1.29, 1.82) is 0 Å². The smallest absolute Gasteiger partial charge is 0.310 e. The average Bonchev–Trinajstić information content (AvgIpc) is 3.27. The Hall–Kier alpha value is -2.99. The second-order valence-corrected chi connectivity index (χ2v) is 9.15. The largest absolute Gasteiger partial charge is 0.460 e. The predicted octanol–water partition coefficient (Wildman–Crippen LogP) is 4.60. The van der Waals surface area contributed by atoms with Gasteiger partial charge in [-0.3, -0.25) is 14.6 Å². The van der Waals surface area contributed by atoms with Crippen LogP contribution in [0.2, 0.25) is 0 Å². The average molecular weight is 407 g/mol. The van der Waals surface area contributed by atoms with Crippen molar-refractivity contribution in [2.45, 2.75) is 39.3 Å². The predicted molar refractivity (Wildman–Crippen MR) is 114 cm³/mol. The molecule has 0 saturated heterocycles. The van der Waals surface area contributed by atoms with Crippen LogP contribution < -0.4 is 5.32 Å². The minimum Gasteiger partial charge on any atom is -0.460 e. The van der Waals surface area contributed by atoms with Crippen molar-refractivity contribution >= 4 is 23.2 Å². The van der Waals surface area contributed by atoms with Gasteiger partial charge in [-0.15, -0.1) is 11.3 Å². The van der Waals surface area contributed by atoms with Crippen LogP contribution in [0.15, 0.2) is 48.8 Å². The molecule has 0 radical (unpaired) electrons. The zero-order valence-electron chi connectivity index (χ0n) is 16.6. The summed E-state index contributed by atoms with van der Waals surface area (Å²) in [7, 11) is 0. The van der Waals surface area contributed by atoms with Crippen LogP contribution in [-0.2, 0) is 22.5 Å². The van der Waals surface area contributed by atoms with Gasteiger partial charge in [0.25, 0.3) is 5.91 Å². The summed E-state index contributed by atoms with van der Waals surface area (Å²) in [6.45, 7) is 6.16. The normalized spacial score (nSPS) is 13.1. The fourth-order valence-corrected chi connectivity index (χ4v) is 4.28. The van der Waals surface area contributed by atoms with Crippen LogP contribution >= 0.6 is 11.3 Å². The van der Waals surface area contributed by atoms with Crippen LogP contribution in [0, 0.1) is 0 Å². The van der Waals surface area contributed by atoms with E-state index in [1.54, 1.807) is 23.7 Å². The van der Waals surface area contributed by atoms with E-state index in [9.17, 15) is 9.59 Å². The number of ether oxygens (including phenoxy) is 1. The summed E-state index contributed by atoms with van der Waals surface area (Å²) in [6.07, 6.45) is 3.70. The number of carbonyl (C=O) groups is 2. The molecule has 6 heteroatoms. The standard InChI is InChI=1S/C23H22N2O3S/c1-23(2,3)28-21(26)9-14-8-17(12-24-11-14)20-7-6-19(29-20)15-4-5-18-16(10-15)13-25-22(18)27/h4-8,10-12H,9,13H2,1-3H3,(H,25,27). The monoisotopic (exact) mass is 406 g/mol. The van der Waals surface area contributed by atoms with Crippen molar-refractivity contribution in [3.63, 3.8) is 0 Å². The topological polar surface area (TPSA) is 68.3 Å². The van der Waals surface area contributed by atoms with E-state index in [0.717, 1.165) is 37.6 Å². The lowest BCUT2D eigenvalue weighted by molar-refractivity contribution is -0.153. The maximum absolute atomic E-state index is 12.1. The van der Waals surface area contributed by atoms with Crippen molar-refractivity contribution in [2.75, 3.05) is 0 Å². The third-order valence-corrected chi connectivity index (χ3v) is 5.71. The highest BCUT2D eigenvalue weighted by molar-refractivity contribution is 7.18. The van der Waals surface area contributed by atoms with Crippen LogP contribution in [-0.4, -0.2) is 22.5 Å². The maximum atomic E-state index is 12.1. The molecule has 0 aliphatic carbocycles. The molecule has 0 fully saturated rings. The van der Waals surface area contributed by atoms with Crippen LogP contribution in [0.25, 0.3) is 20.9 Å². The van der Waals surface area contributed by atoms with E-state index < -0.39 is 5.60 Å². The number of amides is 1. The van der Waals surface area contributed by atoms with Gasteiger partial charge in [-0.25, -0.2) is 0 Å². The van der Waals surface area contributed by atoms with Crippen LogP contribution in [0.4, 0.5) is 0 Å². The molecule has 4 rings (SSSR count). The highest BCUT2D eigenvalue weighted by atomic mass is 32.1. The van der Waals surface area contributed by atoms with Crippen molar-refractivity contribution in [3.05, 3.63) is 65.5 Å². The van der Waals surface area contributed by atoms with Gasteiger partial charge in [0.05, 0.1) is 6.42 Å². The summed E-state index contributed by atoms with van der Waals surface area (Å²) in [5, 5.41) is 2.85. The molecule has 0 atom stereocenters. The summed E-state index contributed by atoms with van der Waals surface area (Å²) in [4.78, 5) is 30.3. The molecule has 0 saturated carbocycles. The van der Waals surface area contributed by atoms with Gasteiger partial charge >= 0.3 is 5.97 Å². The Morgan fingerprint density at radius 1 is 1.10 bits per heavy atom. The first-order valence-electron chi connectivity index (χ1n) is 9.46. The third-order valence-electron chi connectivity index (χ3n) is 4.53. The zero-order valence-corrected chi connectivity index (χ0v) is 17.4. The van der Waals surface area contributed by atoms with Gasteiger partial charge in [0.15, 0.2) is 0 Å². The van der Waals surface area contributed by atoms with E-state index in [1.165, 1.54) is 0 Å². The highest BCUT2D eigenvalue weighted by Gasteiger charge is 2.19. The molecular weight excluding hydrogens is 384 g/mol. The Morgan fingerprint density at radius 2 is 1.86 bits per heavy atom. The first-order valence-corrected chi connectivity index (χ1v) is 10.3. The number of benzene rings is 1. The van der Waals surface area contributed by atoms with Crippen molar-refractivity contribution in [2.24, 2.45) is 0 Å². The van der Waals surface area contributed by atoms with Crippen LogP contribution in [0.3, 0.4) is 0 Å². The van der Waals surface area contributed by atoms with E-state index in [1.807, 2.05) is 39.0 Å². The number of carbonyl (C=O) groups excluding carboxylic acids is 2. The van der Waals surface area contributed by atoms with Crippen molar-refractivity contribution < 1.29 is 14.3 Å². The molecule has 1 aromatic carbocycles. The van der Waals surface area contributed by atoms with Crippen LogP contribution in [0.5, 0.6) is 0 Å². The maximum Gasteiger partial charge on any atom is 0.310 e. The summed E-state index contributed by atoms with van der Waals surface area (Å²) >= 11 is 1.66. The third kappa shape index (κ3) is 4.38. The Kier molecular flexibility index (Phi) is 4.96. The van der Waals surface area contributed by atoms with Crippen molar-refractivity contribution in [3.8, 4) is 20.9 Å². The molecular formula is C23H22N2O3S. The molecule has 3 heterocycles. The van der Waals surface area contributed by atoms with E-state index >= 15 is 0 Å². The summed E-state index contributed by atoms with van der Waals surface area (Å²) in [5.41, 5.74) is 4.18. The van der Waals surface area contributed by atoms with Gasteiger partial charge in [-0.2, -0.15) is 0 Å². The van der Waals surface area contributed by atoms with E-state index in [2.05, 4.69) is 28.5 Å². The van der Waals surface area contributed by atoms with E-state index in [0.29, 0.717) is 6.54 Å². The van der Waals surface area contributed by atoms with Crippen molar-refractivity contribution in [1.82, 2.24) is 10.3 Å². The van der Waals surface area contributed by atoms with Gasteiger partial charge in [0.1, 0.15) is 5.60 Å². The summed E-state index contributed by atoms with van der Waals surface area (Å²) < 4.78 is 5.40. The Bertz CT molecular complexity index is 1100. The molecule has 0 bridgehead atoms. The molecule has 3 aromatic rings. The number of hydrogen-bond donors (Lipinski definition) is 1. The first-order chi connectivity index (χ1) is 13.8. The molecule has 5 nitrogen and oxygen atoms in total. The van der Waals surface area contributed by atoms with Crippen LogP contribution in [0.1, 0.15) is 42.3 Å². The van der Waals surface area contributed by atoms with Gasteiger partial charge in [-0.1, -0.05) is 6.07 Å². The number of pyridine rings is 1. The minimum absolute atomic E-state index is 0.00806. The van der Waals surface area contributed by atoms with Gasteiger partial charge in [-0.05, 0) is 67.8 Å². The number of rotatable bonds is 4. The number of thiophene rings is 1. The molecule has 1 N–H and O–H groups in total. The molecule has 0 unspecified atom stereocenters. The summed E-state index contributed by atoms with van der Waals surface area (Å²) in [6, 6.07) is 12.1. The number of nitrogens with one attached hydrogen (secondary N) is 1. The fourth-order valence-electron chi connectivity index (χ4n) is 3.30. The lowest BCUT2D eigenvalue weighted by atomic mass is 10.1. The Labute approximate surface area is 173 Å². The molecule has 1 amide bonds. The second-order valence-electron chi connectivity index (χ2n) is 8.06. The first kappa shape index (κ1) is 19.3. The number of hydrogen-bond acceptors (Lipinski definition) is 5. The number of esters is 1. The number of nitrogens with zero attached hydrogens (tertiary/aromatic N) is 1. The fraction of sp³-hybridized carbons (Fsp3) is 0.261. The highest BCUT2D eigenvalue weighted by Crippen LogP contribution is 2.35. The zero-order chi connectivity index (χ0) is 20.6. The SMILES string of the molecule is CC(C)(C)OC(=O)Cc1cncc(-c2ccc(-c3ccc4c(c3)CNC4=O)s2)c1. The number of fused-ring (bicyclic) bond motifs is 1. The second kappa shape index (κ2) is 7.44. The molecule has 1 aliphatic heterocycles. The number of aromatic nitrogens is 1. The minimum atomic E-state index is -0.499.